The van der Waals surface area contributed by atoms with Crippen molar-refractivity contribution in [1.29, 1.82) is 0 Å². The quantitative estimate of drug-likeness (QED) is 0.883. The first-order chi connectivity index (χ1) is 8.70. The third-order valence-electron chi connectivity index (χ3n) is 3.95. The summed E-state index contributed by atoms with van der Waals surface area (Å²) in [6.07, 6.45) is 4.81. The molecule has 0 radical (unpaired) electrons. The number of benzene rings is 1. The van der Waals surface area contributed by atoms with Crippen LogP contribution in [0.15, 0.2) is 24.3 Å². The molecule has 1 fully saturated rings. The van der Waals surface area contributed by atoms with Gasteiger partial charge in [-0.1, -0.05) is 13.0 Å². The van der Waals surface area contributed by atoms with Crippen LogP contribution in [0, 0.1) is 5.82 Å². The van der Waals surface area contributed by atoms with Gasteiger partial charge in [-0.05, 0) is 50.4 Å². The molecular weight excluding hydrogens is 227 g/mol. The number of rotatable bonds is 4. The summed E-state index contributed by atoms with van der Waals surface area (Å²) in [5.41, 5.74) is 0.988. The van der Waals surface area contributed by atoms with Gasteiger partial charge in [0.05, 0.1) is 0 Å². The Labute approximate surface area is 109 Å². The van der Waals surface area contributed by atoms with Gasteiger partial charge in [0, 0.05) is 24.8 Å². The standard InChI is InChI=1S/C15H23FN2/c1-3-17-13-7-9-14(10-8-13)18(2)15-6-4-5-12(16)11-15/h4-6,11,13-14,17H,3,7-10H2,1-2H3. The molecule has 0 spiro atoms. The highest BCUT2D eigenvalue weighted by molar-refractivity contribution is 5.46. The second kappa shape index (κ2) is 6.19. The molecule has 0 unspecified atom stereocenters. The monoisotopic (exact) mass is 250 g/mol. The molecule has 2 rings (SSSR count). The average molecular weight is 250 g/mol. The van der Waals surface area contributed by atoms with Crippen LogP contribution >= 0.6 is 0 Å². The number of hydrogen-bond acceptors (Lipinski definition) is 2. The predicted molar refractivity (Wildman–Crippen MR) is 74.5 cm³/mol. The van der Waals surface area contributed by atoms with Crippen LogP contribution in [0.1, 0.15) is 32.6 Å². The van der Waals surface area contributed by atoms with E-state index >= 15 is 0 Å². The van der Waals surface area contributed by atoms with Gasteiger partial charge in [0.1, 0.15) is 5.82 Å². The van der Waals surface area contributed by atoms with E-state index in [-0.39, 0.29) is 5.82 Å². The van der Waals surface area contributed by atoms with Crippen LogP contribution in [0.2, 0.25) is 0 Å². The summed E-state index contributed by atoms with van der Waals surface area (Å²) in [7, 11) is 2.08. The Bertz CT molecular complexity index is 373. The van der Waals surface area contributed by atoms with Gasteiger partial charge in [-0.2, -0.15) is 0 Å². The highest BCUT2D eigenvalue weighted by atomic mass is 19.1. The molecule has 1 N–H and O–H groups in total. The molecule has 0 aromatic heterocycles. The highest BCUT2D eigenvalue weighted by Crippen LogP contribution is 2.26. The summed E-state index contributed by atoms with van der Waals surface area (Å²) in [5.74, 6) is -0.152. The van der Waals surface area contributed by atoms with Crippen LogP contribution in [-0.4, -0.2) is 25.7 Å². The summed E-state index contributed by atoms with van der Waals surface area (Å²) in [5, 5.41) is 3.51. The fourth-order valence-corrected chi connectivity index (χ4v) is 2.86. The van der Waals surface area contributed by atoms with Crippen molar-refractivity contribution < 1.29 is 4.39 Å². The van der Waals surface area contributed by atoms with Crippen LogP contribution < -0.4 is 10.2 Å². The zero-order valence-electron chi connectivity index (χ0n) is 11.3. The van der Waals surface area contributed by atoms with E-state index < -0.39 is 0 Å². The minimum Gasteiger partial charge on any atom is -0.372 e. The van der Waals surface area contributed by atoms with Crippen molar-refractivity contribution in [3.05, 3.63) is 30.1 Å². The number of nitrogens with zero attached hydrogens (tertiary/aromatic N) is 1. The average Bonchev–Trinajstić information content (AvgIpc) is 2.39. The fourth-order valence-electron chi connectivity index (χ4n) is 2.86. The second-order valence-electron chi connectivity index (χ2n) is 5.15. The van der Waals surface area contributed by atoms with Gasteiger partial charge in [-0.3, -0.25) is 0 Å². The van der Waals surface area contributed by atoms with Crippen LogP contribution in [-0.2, 0) is 0 Å². The van der Waals surface area contributed by atoms with E-state index in [9.17, 15) is 4.39 Å². The molecule has 2 nitrogen and oxygen atoms in total. The Morgan fingerprint density at radius 1 is 1.28 bits per heavy atom. The maximum absolute atomic E-state index is 13.2. The van der Waals surface area contributed by atoms with Crippen LogP contribution in [0.3, 0.4) is 0 Å². The Hall–Kier alpha value is -1.09. The second-order valence-corrected chi connectivity index (χ2v) is 5.15. The van der Waals surface area contributed by atoms with E-state index in [1.54, 1.807) is 12.1 Å². The van der Waals surface area contributed by atoms with Crippen LogP contribution in [0.25, 0.3) is 0 Å². The number of anilines is 1. The molecule has 1 aliphatic rings. The van der Waals surface area contributed by atoms with Gasteiger partial charge in [0.15, 0.2) is 0 Å². The minimum absolute atomic E-state index is 0.152. The fraction of sp³-hybridized carbons (Fsp3) is 0.600. The maximum Gasteiger partial charge on any atom is 0.125 e. The Morgan fingerprint density at radius 3 is 2.61 bits per heavy atom. The van der Waals surface area contributed by atoms with Crippen molar-refractivity contribution in [3.8, 4) is 0 Å². The maximum atomic E-state index is 13.2. The number of hydrogen-bond donors (Lipinski definition) is 1. The molecule has 0 amide bonds. The molecule has 1 saturated carbocycles. The summed E-state index contributed by atoms with van der Waals surface area (Å²) in [6.45, 7) is 3.21. The van der Waals surface area contributed by atoms with Gasteiger partial charge in [0.25, 0.3) is 0 Å². The van der Waals surface area contributed by atoms with Gasteiger partial charge >= 0.3 is 0 Å². The lowest BCUT2D eigenvalue weighted by atomic mass is 9.90. The predicted octanol–water partition coefficient (Wildman–Crippen LogP) is 3.18. The zero-order chi connectivity index (χ0) is 13.0. The first-order valence-corrected chi connectivity index (χ1v) is 6.92. The third kappa shape index (κ3) is 3.22. The van der Waals surface area contributed by atoms with Gasteiger partial charge in [-0.15, -0.1) is 0 Å². The van der Waals surface area contributed by atoms with E-state index in [0.29, 0.717) is 12.1 Å². The van der Waals surface area contributed by atoms with E-state index in [4.69, 9.17) is 0 Å². The first kappa shape index (κ1) is 13.3. The van der Waals surface area contributed by atoms with Crippen molar-refractivity contribution >= 4 is 5.69 Å². The molecule has 1 aromatic rings. The molecule has 0 heterocycles. The van der Waals surface area contributed by atoms with E-state index in [2.05, 4.69) is 24.2 Å². The lowest BCUT2D eigenvalue weighted by molar-refractivity contribution is 0.341. The Kier molecular flexibility index (Phi) is 4.59. The molecule has 0 atom stereocenters. The molecule has 100 valence electrons. The molecule has 18 heavy (non-hydrogen) atoms. The van der Waals surface area contributed by atoms with Crippen molar-refractivity contribution in [3.63, 3.8) is 0 Å². The molecular formula is C15H23FN2. The highest BCUT2D eigenvalue weighted by Gasteiger charge is 2.23. The topological polar surface area (TPSA) is 15.3 Å². The van der Waals surface area contributed by atoms with E-state index in [0.717, 1.165) is 12.2 Å². The van der Waals surface area contributed by atoms with E-state index in [1.165, 1.54) is 31.7 Å². The van der Waals surface area contributed by atoms with Crippen molar-refractivity contribution in [2.24, 2.45) is 0 Å². The molecule has 1 aliphatic carbocycles. The Morgan fingerprint density at radius 2 is 2.00 bits per heavy atom. The molecule has 3 heteroatoms. The summed E-state index contributed by atoms with van der Waals surface area (Å²) >= 11 is 0. The largest absolute Gasteiger partial charge is 0.372 e. The minimum atomic E-state index is -0.152. The molecule has 1 aromatic carbocycles. The normalized spacial score (nSPS) is 23.9. The van der Waals surface area contributed by atoms with Gasteiger partial charge < -0.3 is 10.2 Å². The summed E-state index contributed by atoms with van der Waals surface area (Å²) in [4.78, 5) is 2.23. The number of halogens is 1. The number of nitrogens with one attached hydrogen (secondary N) is 1. The first-order valence-electron chi connectivity index (χ1n) is 6.92. The smallest absolute Gasteiger partial charge is 0.125 e. The van der Waals surface area contributed by atoms with Crippen molar-refractivity contribution in [1.82, 2.24) is 5.32 Å². The van der Waals surface area contributed by atoms with Crippen LogP contribution in [0.5, 0.6) is 0 Å². The lowest BCUT2D eigenvalue weighted by Crippen LogP contribution is -2.40. The van der Waals surface area contributed by atoms with Crippen molar-refractivity contribution in [2.45, 2.75) is 44.7 Å². The van der Waals surface area contributed by atoms with Gasteiger partial charge in [-0.25, -0.2) is 4.39 Å². The third-order valence-corrected chi connectivity index (χ3v) is 3.95. The summed E-state index contributed by atoms with van der Waals surface area (Å²) < 4.78 is 13.2. The molecule has 0 aliphatic heterocycles. The van der Waals surface area contributed by atoms with Crippen LogP contribution in [0.4, 0.5) is 10.1 Å². The SMILES string of the molecule is CCNC1CCC(N(C)c2cccc(F)c2)CC1. The lowest BCUT2D eigenvalue weighted by Gasteiger charge is -2.36. The summed E-state index contributed by atoms with van der Waals surface area (Å²) in [6, 6.07) is 8.11. The zero-order valence-corrected chi connectivity index (χ0v) is 11.3. The van der Waals surface area contributed by atoms with Gasteiger partial charge in [0.2, 0.25) is 0 Å². The van der Waals surface area contributed by atoms with E-state index in [1.807, 2.05) is 6.07 Å². The molecule has 0 bridgehead atoms. The Balaban J connectivity index is 1.93. The van der Waals surface area contributed by atoms with Crippen molar-refractivity contribution in [2.75, 3.05) is 18.5 Å². The molecule has 0 saturated heterocycles.